The van der Waals surface area contributed by atoms with Crippen LogP contribution >= 0.6 is 0 Å². The second-order valence-corrected chi connectivity index (χ2v) is 12.8. The number of esters is 2. The molecular formula is C31H49NO4. The molecule has 0 saturated heterocycles. The Labute approximate surface area is 219 Å². The zero-order valence-electron chi connectivity index (χ0n) is 24.3. The summed E-state index contributed by atoms with van der Waals surface area (Å²) < 4.78 is 12.2. The molecule has 0 aromatic carbocycles. The number of aromatic nitrogens is 1. The molecule has 2 unspecified atom stereocenters. The van der Waals surface area contributed by atoms with Crippen LogP contribution in [0, 0.1) is 61.2 Å². The van der Waals surface area contributed by atoms with Gasteiger partial charge in [-0.2, -0.15) is 0 Å². The van der Waals surface area contributed by atoms with Crippen LogP contribution in [0.5, 0.6) is 0 Å². The Hall–Kier alpha value is -1.91. The zero-order valence-corrected chi connectivity index (χ0v) is 24.3. The van der Waals surface area contributed by atoms with E-state index in [1.807, 2.05) is 0 Å². The van der Waals surface area contributed by atoms with Gasteiger partial charge in [0.1, 0.15) is 12.2 Å². The van der Waals surface area contributed by atoms with Crippen molar-refractivity contribution in [3.63, 3.8) is 0 Å². The summed E-state index contributed by atoms with van der Waals surface area (Å²) in [6.07, 6.45) is 3.87. The average Bonchev–Trinajstić information content (AvgIpc) is 2.79. The predicted molar refractivity (Wildman–Crippen MR) is 144 cm³/mol. The summed E-state index contributed by atoms with van der Waals surface area (Å²) in [6.45, 7) is 21.5. The number of carbonyl (C=O) groups excluding carboxylic acids is 2. The Balaban J connectivity index is 1.78. The molecule has 1 heterocycles. The van der Waals surface area contributed by atoms with Gasteiger partial charge in [-0.15, -0.1) is 0 Å². The predicted octanol–water partition coefficient (Wildman–Crippen LogP) is 7.43. The van der Waals surface area contributed by atoms with Crippen LogP contribution in [0.15, 0.2) is 6.07 Å². The van der Waals surface area contributed by atoms with E-state index >= 15 is 0 Å². The summed E-state index contributed by atoms with van der Waals surface area (Å²) in [6, 6.07) is 1.65. The van der Waals surface area contributed by atoms with Gasteiger partial charge in [-0.3, -0.25) is 4.98 Å². The van der Waals surface area contributed by atoms with Crippen LogP contribution in [0.4, 0.5) is 0 Å². The van der Waals surface area contributed by atoms with Crippen LogP contribution < -0.4 is 0 Å². The third-order valence-corrected chi connectivity index (χ3v) is 9.63. The van der Waals surface area contributed by atoms with Crippen molar-refractivity contribution in [3.8, 4) is 0 Å². The Morgan fingerprint density at radius 1 is 0.722 bits per heavy atom. The molecule has 2 fully saturated rings. The van der Waals surface area contributed by atoms with Gasteiger partial charge >= 0.3 is 11.9 Å². The number of hydrogen-bond acceptors (Lipinski definition) is 5. The lowest BCUT2D eigenvalue weighted by Gasteiger charge is -2.40. The summed E-state index contributed by atoms with van der Waals surface area (Å²) in [5, 5.41) is 0. The van der Waals surface area contributed by atoms with Crippen molar-refractivity contribution < 1.29 is 19.1 Å². The van der Waals surface area contributed by atoms with Gasteiger partial charge in [0.15, 0.2) is 0 Å². The summed E-state index contributed by atoms with van der Waals surface area (Å²) >= 11 is 0. The van der Waals surface area contributed by atoms with Gasteiger partial charge in [0, 0.05) is 0 Å². The molecule has 3 rings (SSSR count). The van der Waals surface area contributed by atoms with Crippen LogP contribution in [0.1, 0.15) is 113 Å². The first kappa shape index (κ1) is 28.7. The van der Waals surface area contributed by atoms with Crippen molar-refractivity contribution >= 4 is 11.9 Å². The monoisotopic (exact) mass is 499 g/mol. The van der Waals surface area contributed by atoms with Crippen molar-refractivity contribution in [2.24, 2.45) is 47.3 Å². The van der Waals surface area contributed by atoms with Crippen molar-refractivity contribution in [1.82, 2.24) is 4.98 Å². The topological polar surface area (TPSA) is 65.5 Å². The molecule has 202 valence electrons. The van der Waals surface area contributed by atoms with Crippen LogP contribution in [-0.2, 0) is 9.47 Å². The van der Waals surface area contributed by atoms with Crippen LogP contribution in [0.3, 0.4) is 0 Å². The SMILES string of the molecule is Cc1nc(C)c(C(=O)O[C@H]2C[C@@H](C(C)C)CC(C)[C@H]2C)cc1C(=O)O[C@H]1C[C@@H](C(C)C)CC(C)[C@H]1C. The van der Waals surface area contributed by atoms with E-state index in [4.69, 9.17) is 9.47 Å². The van der Waals surface area contributed by atoms with Gasteiger partial charge in [0.25, 0.3) is 0 Å². The van der Waals surface area contributed by atoms with Crippen molar-refractivity contribution in [3.05, 3.63) is 28.6 Å². The van der Waals surface area contributed by atoms with Crippen molar-refractivity contribution in [1.29, 1.82) is 0 Å². The number of aryl methyl sites for hydroxylation is 2. The lowest BCUT2D eigenvalue weighted by atomic mass is 9.70. The fourth-order valence-corrected chi connectivity index (χ4v) is 6.28. The second-order valence-electron chi connectivity index (χ2n) is 12.8. The minimum Gasteiger partial charge on any atom is -0.458 e. The fraction of sp³-hybridized carbons (Fsp3) is 0.774. The molecule has 0 N–H and O–H groups in total. The number of nitrogens with zero attached hydrogens (tertiary/aromatic N) is 1. The van der Waals surface area contributed by atoms with E-state index in [-0.39, 0.29) is 24.1 Å². The molecule has 0 spiro atoms. The highest BCUT2D eigenvalue weighted by atomic mass is 16.5. The molecule has 2 aliphatic rings. The Morgan fingerprint density at radius 3 is 1.42 bits per heavy atom. The van der Waals surface area contributed by atoms with Gasteiger partial charge < -0.3 is 9.47 Å². The van der Waals surface area contributed by atoms with Crippen LogP contribution in [0.2, 0.25) is 0 Å². The van der Waals surface area contributed by atoms with E-state index < -0.39 is 0 Å². The normalized spacial score (nSPS) is 33.0. The van der Waals surface area contributed by atoms with E-state index in [9.17, 15) is 9.59 Å². The third kappa shape index (κ3) is 6.31. The summed E-state index contributed by atoms with van der Waals surface area (Å²) in [5.74, 6) is 3.05. The second kappa shape index (κ2) is 11.6. The highest BCUT2D eigenvalue weighted by Crippen LogP contribution is 2.40. The smallest absolute Gasteiger partial charge is 0.340 e. The minimum atomic E-state index is -0.387. The maximum Gasteiger partial charge on any atom is 0.340 e. The lowest BCUT2D eigenvalue weighted by Crippen LogP contribution is -2.39. The van der Waals surface area contributed by atoms with Crippen LogP contribution in [0.25, 0.3) is 0 Å². The minimum absolute atomic E-state index is 0.123. The third-order valence-electron chi connectivity index (χ3n) is 9.63. The molecule has 2 aliphatic carbocycles. The summed E-state index contributed by atoms with van der Waals surface area (Å²) in [4.78, 5) is 31.2. The molecule has 1 aromatic rings. The van der Waals surface area contributed by atoms with E-state index in [2.05, 4.69) is 60.4 Å². The number of carbonyl (C=O) groups is 2. The molecule has 0 aliphatic heterocycles. The van der Waals surface area contributed by atoms with E-state index in [0.717, 1.165) is 12.8 Å². The molecule has 5 nitrogen and oxygen atoms in total. The van der Waals surface area contributed by atoms with Gasteiger partial charge in [-0.05, 0) is 92.9 Å². The van der Waals surface area contributed by atoms with Gasteiger partial charge in [0.2, 0.25) is 0 Å². The van der Waals surface area contributed by atoms with Crippen LogP contribution in [-0.4, -0.2) is 29.1 Å². The van der Waals surface area contributed by atoms with E-state index in [0.29, 0.717) is 69.9 Å². The highest BCUT2D eigenvalue weighted by molar-refractivity contribution is 5.96. The molecule has 0 amide bonds. The first-order valence-electron chi connectivity index (χ1n) is 14.2. The number of ether oxygens (including phenoxy) is 2. The molecular weight excluding hydrogens is 450 g/mol. The average molecular weight is 500 g/mol. The number of pyridine rings is 1. The van der Waals surface area contributed by atoms with Gasteiger partial charge in [-0.25, -0.2) is 9.59 Å². The molecule has 8 atom stereocenters. The quantitative estimate of drug-likeness (QED) is 0.381. The number of rotatable bonds is 6. The lowest BCUT2D eigenvalue weighted by molar-refractivity contribution is -0.0257. The molecule has 0 radical (unpaired) electrons. The van der Waals surface area contributed by atoms with Crippen molar-refractivity contribution in [2.45, 2.75) is 107 Å². The number of hydrogen-bond donors (Lipinski definition) is 0. The maximum absolute atomic E-state index is 13.3. The van der Waals surface area contributed by atoms with Gasteiger partial charge in [-0.1, -0.05) is 55.4 Å². The Kier molecular flexibility index (Phi) is 9.27. The molecule has 36 heavy (non-hydrogen) atoms. The first-order valence-corrected chi connectivity index (χ1v) is 14.2. The Morgan fingerprint density at radius 2 is 1.08 bits per heavy atom. The van der Waals surface area contributed by atoms with Gasteiger partial charge in [0.05, 0.1) is 22.5 Å². The summed E-state index contributed by atoms with van der Waals surface area (Å²) in [5.41, 5.74) is 1.91. The molecule has 0 bridgehead atoms. The standard InChI is InChI=1S/C31H49NO4/c1-16(2)24-11-18(5)20(7)28(13-24)35-30(33)26-15-27(23(10)32-22(26)9)31(34)36-29-14-25(17(3)4)12-19(6)21(29)8/h15-21,24-25,28-29H,11-14H2,1-10H3/t18?,19?,20-,21-,24+,25+,28+,29+/m1/s1. The maximum atomic E-state index is 13.3. The molecule has 1 aromatic heterocycles. The highest BCUT2D eigenvalue weighted by Gasteiger charge is 2.38. The van der Waals surface area contributed by atoms with E-state index in [1.165, 1.54) is 12.8 Å². The molecule has 2 saturated carbocycles. The largest absolute Gasteiger partial charge is 0.458 e. The Bertz CT molecular complexity index is 867. The van der Waals surface area contributed by atoms with E-state index in [1.54, 1.807) is 19.9 Å². The van der Waals surface area contributed by atoms with Crippen molar-refractivity contribution in [2.75, 3.05) is 0 Å². The molecule has 5 heteroatoms. The first-order chi connectivity index (χ1) is 16.8. The summed E-state index contributed by atoms with van der Waals surface area (Å²) in [7, 11) is 0. The fourth-order valence-electron chi connectivity index (χ4n) is 6.28. The zero-order chi connectivity index (χ0) is 26.9.